The van der Waals surface area contributed by atoms with Crippen LogP contribution in [0.5, 0.6) is 0 Å². The fourth-order valence-corrected chi connectivity index (χ4v) is 4.18. The van der Waals surface area contributed by atoms with E-state index in [2.05, 4.69) is 15.5 Å². The molecule has 0 bridgehead atoms. The van der Waals surface area contributed by atoms with Crippen LogP contribution in [0.4, 0.5) is 5.69 Å². The van der Waals surface area contributed by atoms with Crippen LogP contribution in [0.1, 0.15) is 16.4 Å². The number of carbonyl (C=O) groups excluding carboxylic acids is 1. The molecule has 31 heavy (non-hydrogen) atoms. The first-order valence-electron chi connectivity index (χ1n) is 9.57. The smallest absolute Gasteiger partial charge is 0.242 e. The van der Waals surface area contributed by atoms with Crippen LogP contribution in [0.2, 0.25) is 5.02 Å². The number of nitrogens with zero attached hydrogens (tertiary/aromatic N) is 3. The Morgan fingerprint density at radius 1 is 1.03 bits per heavy atom. The Morgan fingerprint density at radius 3 is 2.48 bits per heavy atom. The first-order chi connectivity index (χ1) is 15.0. The average molecular weight is 450 g/mol. The molecule has 0 fully saturated rings. The number of thioether (sulfide) groups is 1. The molecular weight excluding hydrogens is 430 g/mol. The molecule has 0 aliphatic rings. The molecule has 0 radical (unpaired) electrons. The van der Waals surface area contributed by atoms with Gasteiger partial charge in [-0.3, -0.25) is 4.79 Å². The van der Waals surface area contributed by atoms with Gasteiger partial charge in [-0.1, -0.05) is 83.5 Å². The fourth-order valence-electron chi connectivity index (χ4n) is 3.03. The molecule has 1 aromatic heterocycles. The number of rotatable bonds is 6. The highest BCUT2D eigenvalue weighted by atomic mass is 35.5. The number of hydrogen-bond acceptors (Lipinski definition) is 5. The Kier molecular flexibility index (Phi) is 6.25. The van der Waals surface area contributed by atoms with Gasteiger partial charge in [0, 0.05) is 16.3 Å². The summed E-state index contributed by atoms with van der Waals surface area (Å²) in [5.74, 6) is 6.57. The standard InChI is InChI=1S/C23H20ClN5OS/c1-15-10-12-19(13-11-15)26-22(30)20(16-6-3-2-4-7-16)31-23-28-27-21(29(23)25)17-8-5-9-18(24)14-17/h2-14,20H,25H2,1H3,(H,26,30). The SMILES string of the molecule is Cc1ccc(NC(=O)C(Sc2nnc(-c3cccc(Cl)c3)n2N)c2ccccc2)cc1. The second kappa shape index (κ2) is 9.24. The molecule has 1 unspecified atom stereocenters. The van der Waals surface area contributed by atoms with Gasteiger partial charge in [0.05, 0.1) is 0 Å². The fraction of sp³-hybridized carbons (Fsp3) is 0.0870. The largest absolute Gasteiger partial charge is 0.335 e. The van der Waals surface area contributed by atoms with Crippen LogP contribution in [0.15, 0.2) is 84.0 Å². The lowest BCUT2D eigenvalue weighted by Crippen LogP contribution is -2.20. The molecule has 0 aliphatic heterocycles. The van der Waals surface area contributed by atoms with Gasteiger partial charge in [0.1, 0.15) is 5.25 Å². The number of aromatic nitrogens is 3. The molecule has 0 spiro atoms. The number of hydrogen-bond donors (Lipinski definition) is 2. The molecular formula is C23H20ClN5OS. The number of benzene rings is 3. The van der Waals surface area contributed by atoms with Crippen molar-refractivity contribution in [3.8, 4) is 11.4 Å². The summed E-state index contributed by atoms with van der Waals surface area (Å²) in [6.07, 6.45) is 0. The van der Waals surface area contributed by atoms with Crippen molar-refractivity contribution in [2.75, 3.05) is 11.2 Å². The number of anilines is 1. The summed E-state index contributed by atoms with van der Waals surface area (Å²) in [6.45, 7) is 2.00. The second-order valence-electron chi connectivity index (χ2n) is 6.95. The lowest BCUT2D eigenvalue weighted by molar-refractivity contribution is -0.115. The quantitative estimate of drug-likeness (QED) is 0.316. The maximum Gasteiger partial charge on any atom is 0.242 e. The van der Waals surface area contributed by atoms with Gasteiger partial charge >= 0.3 is 0 Å². The third kappa shape index (κ3) is 4.90. The van der Waals surface area contributed by atoms with E-state index in [0.717, 1.165) is 22.4 Å². The maximum atomic E-state index is 13.2. The molecule has 1 atom stereocenters. The van der Waals surface area contributed by atoms with E-state index >= 15 is 0 Å². The van der Waals surface area contributed by atoms with Gasteiger partial charge in [-0.15, -0.1) is 10.2 Å². The van der Waals surface area contributed by atoms with E-state index in [4.69, 9.17) is 17.4 Å². The third-order valence-corrected chi connectivity index (χ3v) is 6.08. The molecule has 8 heteroatoms. The van der Waals surface area contributed by atoms with Crippen LogP contribution in [0, 0.1) is 6.92 Å². The molecule has 4 rings (SSSR count). The van der Waals surface area contributed by atoms with Crippen molar-refractivity contribution < 1.29 is 4.79 Å². The molecule has 1 heterocycles. The van der Waals surface area contributed by atoms with Crippen molar-refractivity contribution in [1.29, 1.82) is 0 Å². The van der Waals surface area contributed by atoms with Crippen molar-refractivity contribution in [3.63, 3.8) is 0 Å². The van der Waals surface area contributed by atoms with Crippen LogP contribution in [0.3, 0.4) is 0 Å². The highest BCUT2D eigenvalue weighted by Gasteiger charge is 2.25. The van der Waals surface area contributed by atoms with E-state index in [-0.39, 0.29) is 5.91 Å². The molecule has 6 nitrogen and oxygen atoms in total. The number of nitrogens with one attached hydrogen (secondary N) is 1. The Morgan fingerprint density at radius 2 is 1.77 bits per heavy atom. The van der Waals surface area contributed by atoms with Gasteiger partial charge in [0.25, 0.3) is 0 Å². The summed E-state index contributed by atoms with van der Waals surface area (Å²) in [6, 6.07) is 24.4. The van der Waals surface area contributed by atoms with Gasteiger partial charge in [0.2, 0.25) is 11.1 Å². The van der Waals surface area contributed by atoms with Crippen LogP contribution in [-0.4, -0.2) is 20.8 Å². The van der Waals surface area contributed by atoms with Crippen molar-refractivity contribution in [3.05, 3.63) is 95.0 Å². The van der Waals surface area contributed by atoms with E-state index in [0.29, 0.717) is 16.0 Å². The molecule has 1 amide bonds. The predicted octanol–water partition coefficient (Wildman–Crippen LogP) is 5.09. The zero-order chi connectivity index (χ0) is 21.8. The van der Waals surface area contributed by atoms with E-state index < -0.39 is 5.25 Å². The minimum absolute atomic E-state index is 0.174. The highest BCUT2D eigenvalue weighted by Crippen LogP contribution is 2.36. The number of carbonyl (C=O) groups is 1. The van der Waals surface area contributed by atoms with Gasteiger partial charge in [-0.25, -0.2) is 4.68 Å². The van der Waals surface area contributed by atoms with E-state index in [1.807, 2.05) is 73.7 Å². The third-order valence-electron chi connectivity index (χ3n) is 4.63. The summed E-state index contributed by atoms with van der Waals surface area (Å²) >= 11 is 7.33. The molecule has 3 N–H and O–H groups in total. The topological polar surface area (TPSA) is 85.8 Å². The first kappa shape index (κ1) is 21.0. The summed E-state index contributed by atoms with van der Waals surface area (Å²) in [7, 11) is 0. The Balaban J connectivity index is 1.63. The average Bonchev–Trinajstić information content (AvgIpc) is 3.14. The van der Waals surface area contributed by atoms with Crippen LogP contribution < -0.4 is 11.2 Å². The van der Waals surface area contributed by atoms with Gasteiger partial charge in [-0.2, -0.15) is 0 Å². The number of nitrogens with two attached hydrogens (primary N) is 1. The minimum Gasteiger partial charge on any atom is -0.335 e. The maximum absolute atomic E-state index is 13.2. The van der Waals surface area contributed by atoms with Crippen LogP contribution >= 0.6 is 23.4 Å². The molecule has 0 saturated heterocycles. The highest BCUT2D eigenvalue weighted by molar-refractivity contribution is 8.00. The monoisotopic (exact) mass is 449 g/mol. The molecule has 156 valence electrons. The van der Waals surface area contributed by atoms with Gasteiger partial charge < -0.3 is 11.2 Å². The second-order valence-corrected chi connectivity index (χ2v) is 8.46. The van der Waals surface area contributed by atoms with E-state index in [1.165, 1.54) is 16.4 Å². The predicted molar refractivity (Wildman–Crippen MR) is 125 cm³/mol. The van der Waals surface area contributed by atoms with Gasteiger partial charge in [-0.05, 0) is 36.8 Å². The van der Waals surface area contributed by atoms with E-state index in [9.17, 15) is 4.79 Å². The summed E-state index contributed by atoms with van der Waals surface area (Å²) in [4.78, 5) is 13.2. The van der Waals surface area contributed by atoms with Gasteiger partial charge in [0.15, 0.2) is 5.82 Å². The van der Waals surface area contributed by atoms with Crippen molar-refractivity contribution in [2.24, 2.45) is 0 Å². The lowest BCUT2D eigenvalue weighted by atomic mass is 10.1. The molecule has 0 aliphatic carbocycles. The van der Waals surface area contributed by atoms with Crippen LogP contribution in [-0.2, 0) is 4.79 Å². The lowest BCUT2D eigenvalue weighted by Gasteiger charge is -2.16. The summed E-state index contributed by atoms with van der Waals surface area (Å²) in [5, 5.41) is 11.8. The molecule has 3 aromatic carbocycles. The summed E-state index contributed by atoms with van der Waals surface area (Å²) < 4.78 is 1.38. The zero-order valence-electron chi connectivity index (χ0n) is 16.7. The molecule has 4 aromatic rings. The number of amides is 1. The van der Waals surface area contributed by atoms with Crippen molar-refractivity contribution in [2.45, 2.75) is 17.3 Å². The zero-order valence-corrected chi connectivity index (χ0v) is 18.3. The van der Waals surface area contributed by atoms with Crippen molar-refractivity contribution in [1.82, 2.24) is 14.9 Å². The van der Waals surface area contributed by atoms with E-state index in [1.54, 1.807) is 12.1 Å². The number of nitrogen functional groups attached to an aromatic ring is 1. The Hall–Kier alpha value is -3.29. The van der Waals surface area contributed by atoms with Crippen molar-refractivity contribution >= 4 is 35.0 Å². The Bertz CT molecular complexity index is 1190. The normalized spacial score (nSPS) is 11.8. The van der Waals surface area contributed by atoms with Crippen LogP contribution in [0.25, 0.3) is 11.4 Å². The number of halogens is 1. The minimum atomic E-state index is -0.568. The first-order valence-corrected chi connectivity index (χ1v) is 10.8. The molecule has 0 saturated carbocycles. The summed E-state index contributed by atoms with van der Waals surface area (Å²) in [5.41, 5.74) is 3.43. The Labute approximate surface area is 189 Å². The number of aryl methyl sites for hydroxylation is 1.